The molecule has 0 spiro atoms. The number of amides is 1. The summed E-state index contributed by atoms with van der Waals surface area (Å²) in [4.78, 5) is 15.4. The molecule has 6 heteroatoms. The van der Waals surface area contributed by atoms with Crippen LogP contribution in [0.5, 0.6) is 5.75 Å². The first-order valence-corrected chi connectivity index (χ1v) is 6.70. The Morgan fingerprint density at radius 3 is 3.15 bits per heavy atom. The molecule has 0 unspecified atom stereocenters. The summed E-state index contributed by atoms with van der Waals surface area (Å²) in [6, 6.07) is 5.88. The largest absolute Gasteiger partial charge is 0.491 e. The highest BCUT2D eigenvalue weighted by atomic mass is 16.5. The van der Waals surface area contributed by atoms with Gasteiger partial charge in [0.2, 0.25) is 5.91 Å². The zero-order valence-corrected chi connectivity index (χ0v) is 11.1. The lowest BCUT2D eigenvalue weighted by atomic mass is 10.0. The first-order chi connectivity index (χ1) is 9.83. The second-order valence-electron chi connectivity index (χ2n) is 4.70. The van der Waals surface area contributed by atoms with Gasteiger partial charge in [-0.05, 0) is 18.1 Å². The van der Waals surface area contributed by atoms with Crippen LogP contribution in [0.2, 0.25) is 0 Å². The van der Waals surface area contributed by atoms with Gasteiger partial charge in [0, 0.05) is 19.4 Å². The van der Waals surface area contributed by atoms with Crippen LogP contribution >= 0.6 is 0 Å². The molecule has 0 saturated heterocycles. The molecular weight excluding hydrogens is 256 g/mol. The summed E-state index contributed by atoms with van der Waals surface area (Å²) in [6.45, 7) is 1.34. The van der Waals surface area contributed by atoms with E-state index in [0.29, 0.717) is 13.0 Å². The van der Waals surface area contributed by atoms with Crippen molar-refractivity contribution in [3.8, 4) is 5.75 Å². The highest BCUT2D eigenvalue weighted by Crippen LogP contribution is 2.32. The minimum atomic E-state index is 0.0520. The van der Waals surface area contributed by atoms with Crippen LogP contribution in [0, 0.1) is 0 Å². The number of hydrogen-bond acceptors (Lipinski definition) is 4. The Morgan fingerprint density at radius 2 is 2.30 bits per heavy atom. The third-order valence-corrected chi connectivity index (χ3v) is 3.25. The van der Waals surface area contributed by atoms with Gasteiger partial charge in [-0.15, -0.1) is 0 Å². The molecular formula is C14H16N4O2. The normalized spacial score (nSPS) is 13.7. The standard InChI is InChI=1S/C14H16N4O2/c19-13-6-5-11-3-1-4-12(14(11)17-13)20-8-2-7-18-10-15-9-16-18/h1,3-4,9-10H,2,5-8H2,(H,17,19). The Bertz CT molecular complexity index is 595. The summed E-state index contributed by atoms with van der Waals surface area (Å²) in [5.74, 6) is 0.797. The number of aromatic nitrogens is 3. The van der Waals surface area contributed by atoms with Crippen LogP contribution in [0.1, 0.15) is 18.4 Å². The van der Waals surface area contributed by atoms with Gasteiger partial charge in [0.1, 0.15) is 18.4 Å². The van der Waals surface area contributed by atoms with Crippen molar-refractivity contribution in [2.75, 3.05) is 11.9 Å². The van der Waals surface area contributed by atoms with Gasteiger partial charge in [-0.3, -0.25) is 9.48 Å². The number of nitrogens with one attached hydrogen (secondary N) is 1. The van der Waals surface area contributed by atoms with Crippen molar-refractivity contribution in [3.63, 3.8) is 0 Å². The van der Waals surface area contributed by atoms with E-state index >= 15 is 0 Å². The van der Waals surface area contributed by atoms with E-state index in [1.165, 1.54) is 6.33 Å². The van der Waals surface area contributed by atoms with E-state index in [2.05, 4.69) is 15.4 Å². The van der Waals surface area contributed by atoms with Gasteiger partial charge >= 0.3 is 0 Å². The number of hydrogen-bond donors (Lipinski definition) is 1. The number of para-hydroxylation sites is 1. The number of nitrogens with zero attached hydrogens (tertiary/aromatic N) is 3. The zero-order chi connectivity index (χ0) is 13.8. The van der Waals surface area contributed by atoms with Crippen molar-refractivity contribution in [2.45, 2.75) is 25.8 Å². The maximum atomic E-state index is 11.5. The van der Waals surface area contributed by atoms with Crippen LogP contribution in [0.4, 0.5) is 5.69 Å². The lowest BCUT2D eigenvalue weighted by Gasteiger charge is -2.20. The van der Waals surface area contributed by atoms with E-state index in [-0.39, 0.29) is 5.91 Å². The van der Waals surface area contributed by atoms with Crippen LogP contribution in [-0.2, 0) is 17.8 Å². The van der Waals surface area contributed by atoms with Crippen LogP contribution in [-0.4, -0.2) is 27.3 Å². The summed E-state index contributed by atoms with van der Waals surface area (Å²) in [6.07, 6.45) is 5.36. The molecule has 2 heterocycles. The van der Waals surface area contributed by atoms with E-state index in [4.69, 9.17) is 4.74 Å². The molecule has 0 radical (unpaired) electrons. The van der Waals surface area contributed by atoms with Gasteiger partial charge in [-0.2, -0.15) is 5.10 Å². The van der Waals surface area contributed by atoms with Crippen molar-refractivity contribution in [1.29, 1.82) is 0 Å². The molecule has 1 aliphatic heterocycles. The fourth-order valence-corrected chi connectivity index (χ4v) is 2.25. The second-order valence-corrected chi connectivity index (χ2v) is 4.70. The Hall–Kier alpha value is -2.37. The number of ether oxygens (including phenoxy) is 1. The Morgan fingerprint density at radius 1 is 1.35 bits per heavy atom. The maximum Gasteiger partial charge on any atom is 0.224 e. The predicted molar refractivity (Wildman–Crippen MR) is 73.5 cm³/mol. The van der Waals surface area contributed by atoms with E-state index in [1.807, 2.05) is 18.2 Å². The lowest BCUT2D eigenvalue weighted by Crippen LogP contribution is -2.20. The first kappa shape index (κ1) is 12.7. The molecule has 3 rings (SSSR count). The molecule has 1 aliphatic rings. The van der Waals surface area contributed by atoms with Gasteiger partial charge < -0.3 is 10.1 Å². The lowest BCUT2D eigenvalue weighted by molar-refractivity contribution is -0.116. The number of aryl methyl sites for hydroxylation is 2. The maximum absolute atomic E-state index is 11.5. The van der Waals surface area contributed by atoms with E-state index in [0.717, 1.165) is 36.4 Å². The number of carbonyl (C=O) groups excluding carboxylic acids is 1. The van der Waals surface area contributed by atoms with Crippen molar-refractivity contribution in [1.82, 2.24) is 14.8 Å². The molecule has 2 aromatic rings. The third-order valence-electron chi connectivity index (χ3n) is 3.25. The number of carbonyl (C=O) groups is 1. The summed E-state index contributed by atoms with van der Waals surface area (Å²) in [7, 11) is 0. The van der Waals surface area contributed by atoms with Gasteiger partial charge in [-0.25, -0.2) is 4.98 Å². The van der Waals surface area contributed by atoms with Crippen LogP contribution in [0.25, 0.3) is 0 Å². The molecule has 0 aliphatic carbocycles. The highest BCUT2D eigenvalue weighted by molar-refractivity contribution is 5.95. The molecule has 6 nitrogen and oxygen atoms in total. The Labute approximate surface area is 116 Å². The average Bonchev–Trinajstić information content (AvgIpc) is 2.97. The van der Waals surface area contributed by atoms with Gasteiger partial charge in [0.15, 0.2) is 0 Å². The summed E-state index contributed by atoms with van der Waals surface area (Å²) >= 11 is 0. The van der Waals surface area contributed by atoms with E-state index in [1.54, 1.807) is 11.0 Å². The van der Waals surface area contributed by atoms with Gasteiger partial charge in [0.05, 0.1) is 12.3 Å². The van der Waals surface area contributed by atoms with Crippen LogP contribution < -0.4 is 10.1 Å². The monoisotopic (exact) mass is 272 g/mol. The van der Waals surface area contributed by atoms with Crippen LogP contribution in [0.3, 0.4) is 0 Å². The molecule has 104 valence electrons. The topological polar surface area (TPSA) is 69.0 Å². The Kier molecular flexibility index (Phi) is 3.62. The van der Waals surface area contributed by atoms with Crippen molar-refractivity contribution >= 4 is 11.6 Å². The molecule has 0 bridgehead atoms. The first-order valence-electron chi connectivity index (χ1n) is 6.70. The van der Waals surface area contributed by atoms with Gasteiger partial charge in [-0.1, -0.05) is 12.1 Å². The van der Waals surface area contributed by atoms with Crippen molar-refractivity contribution < 1.29 is 9.53 Å². The van der Waals surface area contributed by atoms with Crippen molar-refractivity contribution in [2.24, 2.45) is 0 Å². The average molecular weight is 272 g/mol. The number of rotatable bonds is 5. The molecule has 0 atom stereocenters. The molecule has 0 saturated carbocycles. The zero-order valence-electron chi connectivity index (χ0n) is 11.1. The molecule has 1 N–H and O–H groups in total. The summed E-state index contributed by atoms with van der Waals surface area (Å²) in [5.41, 5.74) is 1.96. The summed E-state index contributed by atoms with van der Waals surface area (Å²) in [5, 5.41) is 6.93. The SMILES string of the molecule is O=C1CCc2cccc(OCCCn3cncn3)c2N1. The quantitative estimate of drug-likeness (QED) is 0.840. The molecule has 1 aromatic carbocycles. The van der Waals surface area contributed by atoms with Crippen molar-refractivity contribution in [3.05, 3.63) is 36.4 Å². The number of fused-ring (bicyclic) bond motifs is 1. The highest BCUT2D eigenvalue weighted by Gasteiger charge is 2.18. The minimum Gasteiger partial charge on any atom is -0.491 e. The fourth-order valence-electron chi connectivity index (χ4n) is 2.25. The van der Waals surface area contributed by atoms with E-state index < -0.39 is 0 Å². The molecule has 0 fully saturated rings. The predicted octanol–water partition coefficient (Wildman–Crippen LogP) is 1.63. The third kappa shape index (κ3) is 2.79. The smallest absolute Gasteiger partial charge is 0.224 e. The second kappa shape index (κ2) is 5.73. The Balaban J connectivity index is 1.59. The summed E-state index contributed by atoms with van der Waals surface area (Å²) < 4.78 is 7.54. The fraction of sp³-hybridized carbons (Fsp3) is 0.357. The minimum absolute atomic E-state index is 0.0520. The van der Waals surface area contributed by atoms with E-state index in [9.17, 15) is 4.79 Å². The number of anilines is 1. The number of benzene rings is 1. The molecule has 1 amide bonds. The van der Waals surface area contributed by atoms with Crippen LogP contribution in [0.15, 0.2) is 30.9 Å². The molecule has 1 aromatic heterocycles. The van der Waals surface area contributed by atoms with Gasteiger partial charge in [0.25, 0.3) is 0 Å². The molecule has 20 heavy (non-hydrogen) atoms.